The minimum absolute atomic E-state index is 0.107. The summed E-state index contributed by atoms with van der Waals surface area (Å²) in [5.74, 6) is -0.228. The molecule has 3 aromatic rings. The lowest BCUT2D eigenvalue weighted by Crippen LogP contribution is -2.40. The summed E-state index contributed by atoms with van der Waals surface area (Å²) in [6.45, 7) is 3.74. The maximum Gasteiger partial charge on any atom is 0.261 e. The number of carbonyl (C=O) groups is 2. The van der Waals surface area contributed by atoms with Crippen molar-refractivity contribution < 1.29 is 18.8 Å². The van der Waals surface area contributed by atoms with Gasteiger partial charge in [0.15, 0.2) is 0 Å². The first kappa shape index (κ1) is 21.4. The maximum absolute atomic E-state index is 13.1. The van der Waals surface area contributed by atoms with E-state index < -0.39 is 5.91 Å². The molecule has 0 bridgehead atoms. The number of nitrogens with zero attached hydrogens (tertiary/aromatic N) is 2. The molecule has 1 aliphatic heterocycles. The monoisotopic (exact) mass is 459 g/mol. The van der Waals surface area contributed by atoms with Crippen LogP contribution >= 0.6 is 23.2 Å². The Morgan fingerprint density at radius 2 is 1.74 bits per heavy atom. The topological polar surface area (TPSA) is 84.7 Å². The number of rotatable bonds is 4. The molecule has 1 fully saturated rings. The number of aromatic nitrogens is 1. The molecule has 0 spiro atoms. The van der Waals surface area contributed by atoms with E-state index in [-0.39, 0.29) is 17.2 Å². The van der Waals surface area contributed by atoms with Gasteiger partial charge in [0.2, 0.25) is 0 Å². The quantitative estimate of drug-likeness (QED) is 0.611. The number of nitrogens with one attached hydrogen (secondary N) is 1. The molecule has 2 amide bonds. The van der Waals surface area contributed by atoms with Crippen LogP contribution in [-0.2, 0) is 4.74 Å². The minimum atomic E-state index is -0.444. The van der Waals surface area contributed by atoms with Gasteiger partial charge in [-0.2, -0.15) is 0 Å². The highest BCUT2D eigenvalue weighted by atomic mass is 35.5. The number of carbonyl (C=O) groups excluding carboxylic acids is 2. The van der Waals surface area contributed by atoms with Gasteiger partial charge < -0.3 is 19.5 Å². The average Bonchev–Trinajstić information content (AvgIpc) is 3.15. The van der Waals surface area contributed by atoms with Crippen molar-refractivity contribution in [3.63, 3.8) is 0 Å². The fourth-order valence-corrected chi connectivity index (χ4v) is 3.98. The Balaban J connectivity index is 1.60. The third-order valence-electron chi connectivity index (χ3n) is 4.96. The zero-order valence-corrected chi connectivity index (χ0v) is 18.2. The molecule has 1 saturated heterocycles. The molecule has 0 saturated carbocycles. The van der Waals surface area contributed by atoms with Gasteiger partial charge in [-0.15, -0.1) is 0 Å². The predicted octanol–water partition coefficient (Wildman–Crippen LogP) is 4.68. The Labute approximate surface area is 188 Å². The van der Waals surface area contributed by atoms with E-state index in [4.69, 9.17) is 32.5 Å². The van der Waals surface area contributed by atoms with Crippen molar-refractivity contribution in [1.82, 2.24) is 10.1 Å². The van der Waals surface area contributed by atoms with Crippen LogP contribution in [0, 0.1) is 6.92 Å². The molecule has 0 aliphatic carbocycles. The molecular formula is C22H19Cl2N3O4. The van der Waals surface area contributed by atoms with Gasteiger partial charge in [0, 0.05) is 29.9 Å². The van der Waals surface area contributed by atoms with Gasteiger partial charge in [-0.05, 0) is 37.3 Å². The van der Waals surface area contributed by atoms with E-state index in [0.29, 0.717) is 58.9 Å². The summed E-state index contributed by atoms with van der Waals surface area (Å²) in [4.78, 5) is 27.6. The summed E-state index contributed by atoms with van der Waals surface area (Å²) < 4.78 is 10.6. The van der Waals surface area contributed by atoms with Crippen LogP contribution in [0.1, 0.15) is 26.5 Å². The van der Waals surface area contributed by atoms with Crippen molar-refractivity contribution in [3.05, 3.63) is 69.4 Å². The van der Waals surface area contributed by atoms with E-state index in [9.17, 15) is 9.59 Å². The fraction of sp³-hybridized carbons (Fsp3) is 0.227. The molecular weight excluding hydrogens is 441 g/mol. The number of amides is 2. The number of hydrogen-bond donors (Lipinski definition) is 1. The normalized spacial score (nSPS) is 13.8. The summed E-state index contributed by atoms with van der Waals surface area (Å²) in [6, 6.07) is 11.8. The number of morpholine rings is 1. The zero-order valence-electron chi connectivity index (χ0n) is 16.7. The first-order chi connectivity index (χ1) is 15.0. The Morgan fingerprint density at radius 1 is 1.06 bits per heavy atom. The molecule has 1 aliphatic rings. The lowest BCUT2D eigenvalue weighted by atomic mass is 10.1. The highest BCUT2D eigenvalue weighted by Gasteiger charge is 2.25. The molecule has 7 nitrogen and oxygen atoms in total. The standard InChI is InChI=1S/C22H19Cl2N3O4/c1-13-18(20(26-31-13)19-16(23)6-3-7-17(19)24)21(28)25-15-5-2-4-14(12-15)22(29)27-8-10-30-11-9-27/h2-7,12H,8-11H2,1H3,(H,25,28). The smallest absolute Gasteiger partial charge is 0.261 e. The van der Waals surface area contributed by atoms with Crippen molar-refractivity contribution >= 4 is 40.7 Å². The molecule has 31 heavy (non-hydrogen) atoms. The van der Waals surface area contributed by atoms with Crippen LogP contribution in [-0.4, -0.2) is 48.2 Å². The van der Waals surface area contributed by atoms with Crippen molar-refractivity contribution in [1.29, 1.82) is 0 Å². The summed E-state index contributed by atoms with van der Waals surface area (Å²) in [5.41, 5.74) is 1.85. The number of anilines is 1. The Hall–Kier alpha value is -2.87. The first-order valence-corrected chi connectivity index (χ1v) is 10.4. The first-order valence-electron chi connectivity index (χ1n) is 9.65. The molecule has 9 heteroatoms. The number of ether oxygens (including phenoxy) is 1. The van der Waals surface area contributed by atoms with E-state index in [0.717, 1.165) is 0 Å². The van der Waals surface area contributed by atoms with Crippen molar-refractivity contribution in [3.8, 4) is 11.3 Å². The Bertz CT molecular complexity index is 1120. The van der Waals surface area contributed by atoms with E-state index in [1.165, 1.54) is 0 Å². The number of benzene rings is 2. The average molecular weight is 460 g/mol. The van der Waals surface area contributed by atoms with Gasteiger partial charge in [-0.3, -0.25) is 9.59 Å². The second-order valence-electron chi connectivity index (χ2n) is 7.00. The lowest BCUT2D eigenvalue weighted by molar-refractivity contribution is 0.0303. The maximum atomic E-state index is 13.1. The van der Waals surface area contributed by atoms with E-state index in [1.807, 2.05) is 0 Å². The van der Waals surface area contributed by atoms with Crippen LogP contribution in [0.25, 0.3) is 11.3 Å². The molecule has 1 N–H and O–H groups in total. The van der Waals surface area contributed by atoms with Crippen molar-refractivity contribution in [2.45, 2.75) is 6.92 Å². The van der Waals surface area contributed by atoms with Crippen molar-refractivity contribution in [2.75, 3.05) is 31.6 Å². The number of aryl methyl sites for hydroxylation is 1. The van der Waals surface area contributed by atoms with Gasteiger partial charge in [0.25, 0.3) is 11.8 Å². The molecule has 2 heterocycles. The summed E-state index contributed by atoms with van der Waals surface area (Å²) >= 11 is 12.6. The molecule has 2 aromatic carbocycles. The summed E-state index contributed by atoms with van der Waals surface area (Å²) in [7, 11) is 0. The number of hydrogen-bond acceptors (Lipinski definition) is 5. The summed E-state index contributed by atoms with van der Waals surface area (Å²) in [6.07, 6.45) is 0. The van der Waals surface area contributed by atoms with Crippen LogP contribution in [0.3, 0.4) is 0 Å². The third kappa shape index (κ3) is 4.44. The highest BCUT2D eigenvalue weighted by Crippen LogP contribution is 2.37. The Morgan fingerprint density at radius 3 is 2.45 bits per heavy atom. The van der Waals surface area contributed by atoms with Gasteiger partial charge in [0.1, 0.15) is 17.0 Å². The summed E-state index contributed by atoms with van der Waals surface area (Å²) in [5, 5.41) is 7.52. The lowest BCUT2D eigenvalue weighted by Gasteiger charge is -2.27. The molecule has 0 radical (unpaired) electrons. The van der Waals surface area contributed by atoms with Gasteiger partial charge in [-0.25, -0.2) is 0 Å². The zero-order chi connectivity index (χ0) is 22.0. The second kappa shape index (κ2) is 9.09. The van der Waals surface area contributed by atoms with E-state index in [2.05, 4.69) is 10.5 Å². The van der Waals surface area contributed by atoms with Gasteiger partial charge >= 0.3 is 0 Å². The van der Waals surface area contributed by atoms with Gasteiger partial charge in [-0.1, -0.05) is 40.5 Å². The highest BCUT2D eigenvalue weighted by molar-refractivity contribution is 6.39. The molecule has 0 atom stereocenters. The van der Waals surface area contributed by atoms with E-state index >= 15 is 0 Å². The minimum Gasteiger partial charge on any atom is -0.378 e. The SMILES string of the molecule is Cc1onc(-c2c(Cl)cccc2Cl)c1C(=O)Nc1cccc(C(=O)N2CCOCC2)c1. The molecule has 160 valence electrons. The fourth-order valence-electron chi connectivity index (χ4n) is 3.41. The van der Waals surface area contributed by atoms with E-state index in [1.54, 1.807) is 54.3 Å². The second-order valence-corrected chi connectivity index (χ2v) is 7.81. The van der Waals surface area contributed by atoms with Crippen LogP contribution in [0.15, 0.2) is 47.0 Å². The van der Waals surface area contributed by atoms with Crippen molar-refractivity contribution in [2.24, 2.45) is 0 Å². The molecule has 0 unspecified atom stereocenters. The predicted molar refractivity (Wildman–Crippen MR) is 118 cm³/mol. The molecule has 1 aromatic heterocycles. The van der Waals surface area contributed by atoms with Crippen LogP contribution < -0.4 is 5.32 Å². The third-order valence-corrected chi connectivity index (χ3v) is 5.58. The van der Waals surface area contributed by atoms with Gasteiger partial charge in [0.05, 0.1) is 23.3 Å². The Kier molecular flexibility index (Phi) is 6.27. The number of halogens is 2. The van der Waals surface area contributed by atoms with Crippen LogP contribution in [0.2, 0.25) is 10.0 Å². The largest absolute Gasteiger partial charge is 0.378 e. The van der Waals surface area contributed by atoms with Crippen LogP contribution in [0.4, 0.5) is 5.69 Å². The van der Waals surface area contributed by atoms with Crippen LogP contribution in [0.5, 0.6) is 0 Å². The molecule has 4 rings (SSSR count).